The van der Waals surface area contributed by atoms with E-state index in [-0.39, 0.29) is 5.91 Å². The van der Waals surface area contributed by atoms with Crippen LogP contribution in [0.2, 0.25) is 0 Å². The molecule has 0 aliphatic heterocycles. The van der Waals surface area contributed by atoms with Crippen molar-refractivity contribution >= 4 is 5.91 Å². The first-order chi connectivity index (χ1) is 9.79. The highest BCUT2D eigenvalue weighted by molar-refractivity contribution is 5.75. The van der Waals surface area contributed by atoms with Crippen molar-refractivity contribution < 1.29 is 4.79 Å². The largest absolute Gasteiger partial charge is 0.352 e. The molecule has 0 unspecified atom stereocenters. The molecule has 20 heavy (non-hydrogen) atoms. The summed E-state index contributed by atoms with van der Waals surface area (Å²) in [6.07, 6.45) is 7.56. The lowest BCUT2D eigenvalue weighted by Gasteiger charge is -2.03. The molecule has 0 spiro atoms. The highest BCUT2D eigenvalue weighted by Gasteiger charge is 2.03. The van der Waals surface area contributed by atoms with E-state index in [0.29, 0.717) is 13.0 Å². The van der Waals surface area contributed by atoms with Crippen molar-refractivity contribution in [2.24, 2.45) is 0 Å². The van der Waals surface area contributed by atoms with Crippen molar-refractivity contribution in [1.82, 2.24) is 15.1 Å². The van der Waals surface area contributed by atoms with Crippen LogP contribution in [0, 0.1) is 0 Å². The van der Waals surface area contributed by atoms with Crippen LogP contribution < -0.4 is 5.32 Å². The molecule has 1 N–H and O–H groups in total. The first kappa shape index (κ1) is 14.3. The second-order valence-corrected chi connectivity index (χ2v) is 4.86. The zero-order valence-corrected chi connectivity index (χ0v) is 11.9. The maximum absolute atomic E-state index is 11.6. The number of nitrogens with zero attached hydrogens (tertiary/aromatic N) is 2. The molecule has 4 nitrogen and oxygen atoms in total. The number of amides is 1. The number of rotatable bonds is 7. The van der Waals surface area contributed by atoms with Crippen LogP contribution in [-0.4, -0.2) is 15.7 Å². The van der Waals surface area contributed by atoms with E-state index in [0.717, 1.165) is 30.5 Å². The van der Waals surface area contributed by atoms with Gasteiger partial charge in [0.15, 0.2) is 0 Å². The third-order valence-corrected chi connectivity index (χ3v) is 3.15. The van der Waals surface area contributed by atoms with Crippen LogP contribution in [0.4, 0.5) is 0 Å². The minimum Gasteiger partial charge on any atom is -0.352 e. The molecule has 0 fully saturated rings. The molecule has 1 amide bonds. The average Bonchev–Trinajstić information content (AvgIpc) is 2.95. The topological polar surface area (TPSA) is 46.9 Å². The van der Waals surface area contributed by atoms with E-state index >= 15 is 0 Å². The number of aromatic nitrogens is 2. The fourth-order valence-corrected chi connectivity index (χ4v) is 2.00. The third-order valence-electron chi connectivity index (χ3n) is 3.15. The molecule has 1 heterocycles. The monoisotopic (exact) mass is 271 g/mol. The molecule has 2 aromatic rings. The standard InChI is InChI=1S/C16H21N3O/c1-2-3-5-10-16(20)17-11-14-12-18-19(13-14)15-8-6-4-7-9-15/h4,6-9,12-13H,2-3,5,10-11H2,1H3,(H,17,20). The Kier molecular flexibility index (Phi) is 5.35. The van der Waals surface area contributed by atoms with Crippen molar-refractivity contribution in [3.05, 3.63) is 48.3 Å². The molecule has 1 aromatic carbocycles. The molecule has 0 radical (unpaired) electrons. The Morgan fingerprint density at radius 3 is 2.80 bits per heavy atom. The second-order valence-electron chi connectivity index (χ2n) is 4.86. The third kappa shape index (κ3) is 4.23. The van der Waals surface area contributed by atoms with Crippen LogP contribution in [0.15, 0.2) is 42.7 Å². The minimum atomic E-state index is 0.117. The summed E-state index contributed by atoms with van der Waals surface area (Å²) in [5, 5.41) is 7.24. The second kappa shape index (κ2) is 7.48. The van der Waals surface area contributed by atoms with Gasteiger partial charge in [0, 0.05) is 24.7 Å². The molecular weight excluding hydrogens is 250 g/mol. The van der Waals surface area contributed by atoms with Gasteiger partial charge in [0.05, 0.1) is 11.9 Å². The van der Waals surface area contributed by atoms with Crippen LogP contribution in [-0.2, 0) is 11.3 Å². The van der Waals surface area contributed by atoms with Gasteiger partial charge in [-0.2, -0.15) is 5.10 Å². The molecule has 106 valence electrons. The van der Waals surface area contributed by atoms with Gasteiger partial charge in [0.25, 0.3) is 0 Å². The first-order valence-corrected chi connectivity index (χ1v) is 7.15. The summed E-state index contributed by atoms with van der Waals surface area (Å²) in [6, 6.07) is 9.93. The fourth-order valence-electron chi connectivity index (χ4n) is 2.00. The van der Waals surface area contributed by atoms with E-state index in [1.54, 1.807) is 6.20 Å². The van der Waals surface area contributed by atoms with Gasteiger partial charge in [-0.25, -0.2) is 4.68 Å². The summed E-state index contributed by atoms with van der Waals surface area (Å²) in [5.74, 6) is 0.117. The zero-order valence-electron chi connectivity index (χ0n) is 11.9. The quantitative estimate of drug-likeness (QED) is 0.787. The van der Waals surface area contributed by atoms with E-state index in [1.165, 1.54) is 0 Å². The van der Waals surface area contributed by atoms with Gasteiger partial charge in [-0.15, -0.1) is 0 Å². The Hall–Kier alpha value is -2.10. The lowest BCUT2D eigenvalue weighted by molar-refractivity contribution is -0.121. The Labute approximate surface area is 119 Å². The smallest absolute Gasteiger partial charge is 0.220 e. The summed E-state index contributed by atoms with van der Waals surface area (Å²) < 4.78 is 1.82. The van der Waals surface area contributed by atoms with Crippen molar-refractivity contribution in [2.45, 2.75) is 39.2 Å². The summed E-state index contributed by atoms with van der Waals surface area (Å²) in [5.41, 5.74) is 2.03. The fraction of sp³-hybridized carbons (Fsp3) is 0.375. The van der Waals surface area contributed by atoms with Gasteiger partial charge < -0.3 is 5.32 Å². The maximum Gasteiger partial charge on any atom is 0.220 e. The van der Waals surface area contributed by atoms with Gasteiger partial charge in [-0.05, 0) is 18.6 Å². The first-order valence-electron chi connectivity index (χ1n) is 7.15. The Bertz CT molecular complexity index is 534. The summed E-state index contributed by atoms with van der Waals surface area (Å²) in [4.78, 5) is 11.6. The molecule has 0 bridgehead atoms. The predicted molar refractivity (Wildman–Crippen MR) is 79.6 cm³/mol. The molecule has 0 aliphatic rings. The van der Waals surface area contributed by atoms with Gasteiger partial charge in [-0.1, -0.05) is 38.0 Å². The zero-order chi connectivity index (χ0) is 14.2. The van der Waals surface area contributed by atoms with Gasteiger partial charge in [-0.3, -0.25) is 4.79 Å². The van der Waals surface area contributed by atoms with Crippen molar-refractivity contribution in [3.8, 4) is 5.69 Å². The molecule has 4 heteroatoms. The van der Waals surface area contributed by atoms with E-state index in [9.17, 15) is 4.79 Å². The van der Waals surface area contributed by atoms with Crippen LogP contribution in [0.25, 0.3) is 5.69 Å². The number of hydrogen-bond acceptors (Lipinski definition) is 2. The number of benzene rings is 1. The van der Waals surface area contributed by atoms with E-state index in [1.807, 2.05) is 41.2 Å². The lowest BCUT2D eigenvalue weighted by Crippen LogP contribution is -2.22. The molecule has 1 aromatic heterocycles. The van der Waals surface area contributed by atoms with Crippen molar-refractivity contribution in [1.29, 1.82) is 0 Å². The summed E-state index contributed by atoms with van der Waals surface area (Å²) in [7, 11) is 0. The molecule has 2 rings (SSSR count). The molecule has 0 atom stereocenters. The normalized spacial score (nSPS) is 10.4. The number of carbonyl (C=O) groups is 1. The van der Waals surface area contributed by atoms with Crippen LogP contribution in [0.3, 0.4) is 0 Å². The van der Waals surface area contributed by atoms with E-state index < -0.39 is 0 Å². The molecular formula is C16H21N3O. The van der Waals surface area contributed by atoms with Gasteiger partial charge in [0.2, 0.25) is 5.91 Å². The Balaban J connectivity index is 1.83. The summed E-state index contributed by atoms with van der Waals surface area (Å²) >= 11 is 0. The van der Waals surface area contributed by atoms with E-state index in [2.05, 4.69) is 17.3 Å². The summed E-state index contributed by atoms with van der Waals surface area (Å²) in [6.45, 7) is 2.67. The average molecular weight is 271 g/mol. The number of unbranched alkanes of at least 4 members (excludes halogenated alkanes) is 2. The maximum atomic E-state index is 11.6. The number of carbonyl (C=O) groups excluding carboxylic acids is 1. The SMILES string of the molecule is CCCCCC(=O)NCc1cnn(-c2ccccc2)c1. The van der Waals surface area contributed by atoms with Crippen LogP contribution >= 0.6 is 0 Å². The van der Waals surface area contributed by atoms with Gasteiger partial charge in [0.1, 0.15) is 0 Å². The van der Waals surface area contributed by atoms with E-state index in [4.69, 9.17) is 0 Å². The number of nitrogens with one attached hydrogen (secondary N) is 1. The molecule has 0 saturated carbocycles. The highest BCUT2D eigenvalue weighted by atomic mass is 16.1. The van der Waals surface area contributed by atoms with Crippen LogP contribution in [0.1, 0.15) is 38.2 Å². The van der Waals surface area contributed by atoms with Crippen molar-refractivity contribution in [2.75, 3.05) is 0 Å². The lowest BCUT2D eigenvalue weighted by atomic mass is 10.2. The molecule has 0 saturated heterocycles. The Morgan fingerprint density at radius 1 is 1.25 bits per heavy atom. The Morgan fingerprint density at radius 2 is 2.05 bits per heavy atom. The van der Waals surface area contributed by atoms with Crippen LogP contribution in [0.5, 0.6) is 0 Å². The van der Waals surface area contributed by atoms with Crippen molar-refractivity contribution in [3.63, 3.8) is 0 Å². The number of hydrogen-bond donors (Lipinski definition) is 1. The van der Waals surface area contributed by atoms with Gasteiger partial charge >= 0.3 is 0 Å². The number of para-hydroxylation sites is 1. The highest BCUT2D eigenvalue weighted by Crippen LogP contribution is 2.07. The predicted octanol–water partition coefficient (Wildman–Crippen LogP) is 3.07. The molecule has 0 aliphatic carbocycles. The minimum absolute atomic E-state index is 0.117.